The third-order valence-electron chi connectivity index (χ3n) is 4.11. The molecule has 3 nitrogen and oxygen atoms in total. The van der Waals surface area contributed by atoms with Gasteiger partial charge in [0.05, 0.1) is 6.61 Å². The van der Waals surface area contributed by atoms with Crippen molar-refractivity contribution in [2.75, 3.05) is 6.61 Å². The lowest BCUT2D eigenvalue weighted by molar-refractivity contribution is 0.226. The molecule has 1 aromatic carbocycles. The van der Waals surface area contributed by atoms with Crippen molar-refractivity contribution >= 4 is 6.08 Å². The van der Waals surface area contributed by atoms with Crippen molar-refractivity contribution < 1.29 is 18.3 Å². The predicted octanol–water partition coefficient (Wildman–Crippen LogP) is 3.47. The number of hydrogen-bond donors (Lipinski definition) is 0. The maximum Gasteiger partial charge on any atom is 0.235 e. The zero-order valence-electron chi connectivity index (χ0n) is 11.0. The van der Waals surface area contributed by atoms with Gasteiger partial charge in [-0.2, -0.15) is 4.99 Å². The lowest BCUT2D eigenvalue weighted by Gasteiger charge is -2.38. The Morgan fingerprint density at radius 2 is 2.10 bits per heavy atom. The second kappa shape index (κ2) is 4.98. The summed E-state index contributed by atoms with van der Waals surface area (Å²) in [5.41, 5.74) is -0.519. The average molecular weight is 279 g/mol. The zero-order valence-corrected chi connectivity index (χ0v) is 11.0. The van der Waals surface area contributed by atoms with E-state index in [-0.39, 0.29) is 5.75 Å². The van der Waals surface area contributed by atoms with Gasteiger partial charge in [0.1, 0.15) is 11.4 Å². The highest BCUT2D eigenvalue weighted by molar-refractivity contribution is 5.46. The molecule has 0 N–H and O–H groups in total. The van der Waals surface area contributed by atoms with Crippen LogP contribution in [0.4, 0.5) is 8.78 Å². The molecule has 3 rings (SSSR count). The molecule has 1 aromatic rings. The molecule has 0 atom stereocenters. The number of rotatable bonds is 5. The Labute approximate surface area is 115 Å². The lowest BCUT2D eigenvalue weighted by atomic mass is 9.72. The van der Waals surface area contributed by atoms with Crippen LogP contribution in [0, 0.1) is 17.6 Å². The summed E-state index contributed by atoms with van der Waals surface area (Å²) in [6, 6.07) is 2.04. The van der Waals surface area contributed by atoms with Crippen LogP contribution in [0.15, 0.2) is 17.1 Å². The van der Waals surface area contributed by atoms with Crippen LogP contribution in [0.5, 0.6) is 5.75 Å². The molecule has 2 saturated carbocycles. The van der Waals surface area contributed by atoms with Crippen LogP contribution in [0.25, 0.3) is 0 Å². The first-order valence-electron chi connectivity index (χ1n) is 6.86. The lowest BCUT2D eigenvalue weighted by Crippen LogP contribution is -2.33. The fraction of sp³-hybridized carbons (Fsp3) is 0.533. The van der Waals surface area contributed by atoms with E-state index in [1.807, 2.05) is 0 Å². The van der Waals surface area contributed by atoms with Crippen LogP contribution < -0.4 is 4.74 Å². The molecule has 0 unspecified atom stereocenters. The van der Waals surface area contributed by atoms with E-state index in [1.54, 1.807) is 0 Å². The van der Waals surface area contributed by atoms with E-state index in [0.29, 0.717) is 30.9 Å². The number of benzene rings is 1. The van der Waals surface area contributed by atoms with E-state index in [4.69, 9.17) is 4.74 Å². The van der Waals surface area contributed by atoms with E-state index in [2.05, 4.69) is 4.99 Å². The molecule has 0 radical (unpaired) electrons. The van der Waals surface area contributed by atoms with Crippen LogP contribution >= 0.6 is 0 Å². The summed E-state index contributed by atoms with van der Waals surface area (Å²) in [6.45, 7) is 0.427. The second-order valence-electron chi connectivity index (χ2n) is 5.61. The fourth-order valence-corrected chi connectivity index (χ4v) is 2.58. The number of ether oxygens (including phenoxy) is 1. The highest BCUT2D eigenvalue weighted by Gasteiger charge is 2.42. The van der Waals surface area contributed by atoms with Gasteiger partial charge in [-0.1, -0.05) is 0 Å². The molecule has 0 bridgehead atoms. The Morgan fingerprint density at radius 3 is 2.65 bits per heavy atom. The summed E-state index contributed by atoms with van der Waals surface area (Å²) in [6.07, 6.45) is 5.73. The topological polar surface area (TPSA) is 38.7 Å². The van der Waals surface area contributed by atoms with Gasteiger partial charge in [-0.25, -0.2) is 13.6 Å². The molecule has 0 heterocycles. The summed E-state index contributed by atoms with van der Waals surface area (Å²) < 4.78 is 33.1. The van der Waals surface area contributed by atoms with Crippen LogP contribution in [0.2, 0.25) is 0 Å². The molecule has 0 amide bonds. The zero-order chi connectivity index (χ0) is 14.2. The summed E-state index contributed by atoms with van der Waals surface area (Å²) >= 11 is 0. The van der Waals surface area contributed by atoms with Gasteiger partial charge in [-0.15, -0.1) is 0 Å². The highest BCUT2D eigenvalue weighted by Crippen LogP contribution is 2.49. The van der Waals surface area contributed by atoms with E-state index in [1.165, 1.54) is 12.1 Å². The van der Waals surface area contributed by atoms with Crippen molar-refractivity contribution in [3.8, 4) is 5.75 Å². The number of nitrogens with zero attached hydrogens (tertiary/aromatic N) is 1. The second-order valence-corrected chi connectivity index (χ2v) is 5.61. The van der Waals surface area contributed by atoms with Gasteiger partial charge in [0.25, 0.3) is 0 Å². The molecule has 0 spiro atoms. The van der Waals surface area contributed by atoms with E-state index in [9.17, 15) is 13.6 Å². The molecule has 0 aliphatic heterocycles. The van der Waals surface area contributed by atoms with Gasteiger partial charge < -0.3 is 4.74 Å². The molecule has 0 saturated heterocycles. The normalized spacial score (nSPS) is 19.9. The minimum atomic E-state index is -0.858. The largest absolute Gasteiger partial charge is 0.490 e. The standard InChI is InChI=1S/C15H15F2NO2/c16-11-6-12(15(18-9-19)4-1-5-15)14(13(17)7-11)20-8-10-2-3-10/h6-7,10H,1-5,8H2. The highest BCUT2D eigenvalue weighted by atomic mass is 19.1. The Hall–Kier alpha value is -1.74. The first-order chi connectivity index (χ1) is 9.64. The van der Waals surface area contributed by atoms with Crippen molar-refractivity contribution in [2.45, 2.75) is 37.6 Å². The van der Waals surface area contributed by atoms with Crippen LogP contribution in [0.1, 0.15) is 37.7 Å². The molecule has 5 heteroatoms. The minimum absolute atomic E-state index is 0.0389. The van der Waals surface area contributed by atoms with Gasteiger partial charge in [-0.05, 0) is 44.1 Å². The number of isocyanates is 1. The van der Waals surface area contributed by atoms with E-state index in [0.717, 1.165) is 25.3 Å². The summed E-state index contributed by atoms with van der Waals surface area (Å²) in [7, 11) is 0. The Morgan fingerprint density at radius 1 is 1.35 bits per heavy atom. The smallest absolute Gasteiger partial charge is 0.235 e. The number of hydrogen-bond acceptors (Lipinski definition) is 3. The molecule has 2 fully saturated rings. The van der Waals surface area contributed by atoms with Crippen molar-refractivity contribution in [1.82, 2.24) is 0 Å². The molecular formula is C15H15F2NO2. The van der Waals surface area contributed by atoms with E-state index >= 15 is 0 Å². The number of aliphatic imine (C=N–C) groups is 1. The van der Waals surface area contributed by atoms with Crippen molar-refractivity contribution in [1.29, 1.82) is 0 Å². The first-order valence-corrected chi connectivity index (χ1v) is 6.86. The molecule has 106 valence electrons. The van der Waals surface area contributed by atoms with Gasteiger partial charge >= 0.3 is 0 Å². The van der Waals surface area contributed by atoms with Crippen LogP contribution in [0.3, 0.4) is 0 Å². The van der Waals surface area contributed by atoms with Gasteiger partial charge in [0, 0.05) is 11.6 Å². The summed E-state index contributed by atoms with van der Waals surface area (Å²) in [5, 5.41) is 0. The Bertz CT molecular complexity index is 573. The van der Waals surface area contributed by atoms with Crippen molar-refractivity contribution in [3.05, 3.63) is 29.3 Å². The van der Waals surface area contributed by atoms with E-state index < -0.39 is 17.2 Å². The van der Waals surface area contributed by atoms with Gasteiger partial charge in [0.15, 0.2) is 11.6 Å². The summed E-state index contributed by atoms with van der Waals surface area (Å²) in [4.78, 5) is 14.4. The quantitative estimate of drug-likeness (QED) is 0.611. The number of halogens is 2. The summed E-state index contributed by atoms with van der Waals surface area (Å²) in [5.74, 6) is -0.909. The Balaban J connectivity index is 1.99. The molecule has 0 aromatic heterocycles. The van der Waals surface area contributed by atoms with Crippen LogP contribution in [-0.4, -0.2) is 12.7 Å². The first kappa shape index (κ1) is 13.3. The molecule has 2 aliphatic carbocycles. The Kier molecular flexibility index (Phi) is 3.30. The molecule has 2 aliphatic rings. The van der Waals surface area contributed by atoms with Gasteiger partial charge in [-0.3, -0.25) is 0 Å². The number of carbonyl (C=O) groups excluding carboxylic acids is 1. The maximum absolute atomic E-state index is 14.0. The third-order valence-corrected chi connectivity index (χ3v) is 4.11. The monoisotopic (exact) mass is 279 g/mol. The SMILES string of the molecule is O=C=NC1(c2cc(F)cc(F)c2OCC2CC2)CCC1. The average Bonchev–Trinajstić information content (AvgIpc) is 3.16. The van der Waals surface area contributed by atoms with Crippen molar-refractivity contribution in [2.24, 2.45) is 10.9 Å². The predicted molar refractivity (Wildman–Crippen MR) is 68.2 cm³/mol. The molecule has 20 heavy (non-hydrogen) atoms. The fourth-order valence-electron chi connectivity index (χ4n) is 2.58. The molecular weight excluding hydrogens is 264 g/mol. The minimum Gasteiger partial charge on any atom is -0.490 e. The maximum atomic E-state index is 14.0. The van der Waals surface area contributed by atoms with Crippen molar-refractivity contribution in [3.63, 3.8) is 0 Å². The third kappa shape index (κ3) is 2.34. The van der Waals surface area contributed by atoms with Gasteiger partial charge in [0.2, 0.25) is 6.08 Å². The van der Waals surface area contributed by atoms with Crippen LogP contribution in [-0.2, 0) is 10.3 Å².